The number of nitrogens with zero attached hydrogens (tertiary/aromatic N) is 3. The first-order valence-corrected chi connectivity index (χ1v) is 10.7. The number of ether oxygens (including phenoxy) is 1. The molecule has 31 heavy (non-hydrogen) atoms. The second-order valence-electron chi connectivity index (χ2n) is 6.57. The number of benzene rings is 3. The van der Waals surface area contributed by atoms with Crippen molar-refractivity contribution in [1.82, 2.24) is 14.8 Å². The third kappa shape index (κ3) is 4.95. The van der Waals surface area contributed by atoms with E-state index in [0.29, 0.717) is 23.1 Å². The minimum Gasteiger partial charge on any atom is -0.494 e. The molecule has 0 aliphatic heterocycles. The van der Waals surface area contributed by atoms with E-state index < -0.39 is 5.91 Å². The Labute approximate surface area is 193 Å². The van der Waals surface area contributed by atoms with Gasteiger partial charge in [0.2, 0.25) is 5.82 Å². The van der Waals surface area contributed by atoms with Gasteiger partial charge in [-0.2, -0.15) is 0 Å². The van der Waals surface area contributed by atoms with Gasteiger partial charge in [0.15, 0.2) is 5.82 Å². The van der Waals surface area contributed by atoms with Crippen LogP contribution in [0.1, 0.15) is 17.5 Å². The summed E-state index contributed by atoms with van der Waals surface area (Å²) in [6.07, 6.45) is 0. The van der Waals surface area contributed by atoms with Crippen molar-refractivity contribution in [3.05, 3.63) is 88.1 Å². The number of halogens is 2. The molecular formula is C23H18BrClN4O2. The Morgan fingerprint density at radius 2 is 1.84 bits per heavy atom. The minimum atomic E-state index is -0.426. The Morgan fingerprint density at radius 1 is 1.10 bits per heavy atom. The van der Waals surface area contributed by atoms with Crippen LogP contribution in [0.15, 0.2) is 77.3 Å². The number of carbonyl (C=O) groups excluding carboxylic acids is 1. The molecule has 0 radical (unpaired) electrons. The first-order chi connectivity index (χ1) is 15.0. The van der Waals surface area contributed by atoms with Crippen molar-refractivity contribution < 1.29 is 9.53 Å². The van der Waals surface area contributed by atoms with E-state index in [9.17, 15) is 4.79 Å². The highest BCUT2D eigenvalue weighted by Crippen LogP contribution is 2.25. The van der Waals surface area contributed by atoms with E-state index in [1.807, 2.05) is 55.5 Å². The predicted octanol–water partition coefficient (Wildman–Crippen LogP) is 6.00. The molecular weight excluding hydrogens is 480 g/mol. The molecule has 0 unspecified atom stereocenters. The van der Waals surface area contributed by atoms with E-state index in [2.05, 4.69) is 31.3 Å². The van der Waals surface area contributed by atoms with Gasteiger partial charge in [-0.3, -0.25) is 4.79 Å². The molecule has 0 bridgehead atoms. The summed E-state index contributed by atoms with van der Waals surface area (Å²) in [6, 6.07) is 22.0. The molecule has 4 aromatic rings. The summed E-state index contributed by atoms with van der Waals surface area (Å²) in [5.74, 6) is 0.931. The summed E-state index contributed by atoms with van der Waals surface area (Å²) in [6.45, 7) is 2.52. The summed E-state index contributed by atoms with van der Waals surface area (Å²) in [5.41, 5.74) is 2.15. The Bertz CT molecular complexity index is 1210. The first-order valence-electron chi connectivity index (χ1n) is 9.56. The molecule has 0 atom stereocenters. The van der Waals surface area contributed by atoms with E-state index in [4.69, 9.17) is 16.3 Å². The van der Waals surface area contributed by atoms with Crippen LogP contribution in [-0.2, 0) is 0 Å². The van der Waals surface area contributed by atoms with Crippen LogP contribution in [0.3, 0.4) is 0 Å². The molecule has 4 rings (SSSR count). The lowest BCUT2D eigenvalue weighted by atomic mass is 10.2. The van der Waals surface area contributed by atoms with Crippen molar-refractivity contribution in [3.8, 4) is 22.8 Å². The maximum Gasteiger partial charge on any atom is 0.295 e. The molecule has 0 spiro atoms. The molecule has 3 aromatic carbocycles. The van der Waals surface area contributed by atoms with Crippen LogP contribution in [0.5, 0.6) is 5.75 Å². The molecule has 0 saturated carbocycles. The van der Waals surface area contributed by atoms with Gasteiger partial charge >= 0.3 is 0 Å². The van der Waals surface area contributed by atoms with Gasteiger partial charge in [0.25, 0.3) is 5.91 Å². The van der Waals surface area contributed by atoms with Crippen molar-refractivity contribution in [2.45, 2.75) is 6.92 Å². The molecule has 0 aliphatic carbocycles. The molecule has 6 nitrogen and oxygen atoms in total. The lowest BCUT2D eigenvalue weighted by Gasteiger charge is -2.08. The second kappa shape index (κ2) is 9.32. The molecule has 1 N–H and O–H groups in total. The predicted molar refractivity (Wildman–Crippen MR) is 125 cm³/mol. The second-order valence-corrected chi connectivity index (χ2v) is 7.92. The zero-order chi connectivity index (χ0) is 21.8. The SMILES string of the molecule is CCOc1ccc(-n2nc(C(=O)Nc3cccc(Cl)c3)nc2-c2ccc(Br)cc2)cc1. The summed E-state index contributed by atoms with van der Waals surface area (Å²) >= 11 is 9.45. The minimum absolute atomic E-state index is 0.0479. The third-order valence-electron chi connectivity index (χ3n) is 4.39. The average molecular weight is 498 g/mol. The normalized spacial score (nSPS) is 10.7. The monoisotopic (exact) mass is 496 g/mol. The van der Waals surface area contributed by atoms with Crippen LogP contribution >= 0.6 is 27.5 Å². The fourth-order valence-corrected chi connectivity index (χ4v) is 3.43. The van der Waals surface area contributed by atoms with Crippen LogP contribution in [0, 0.1) is 0 Å². The zero-order valence-corrected chi connectivity index (χ0v) is 18.9. The topological polar surface area (TPSA) is 69.0 Å². The highest BCUT2D eigenvalue weighted by Gasteiger charge is 2.19. The standard InChI is InChI=1S/C23H18BrClN4O2/c1-2-31-20-12-10-19(11-13-20)29-22(15-6-8-16(24)9-7-15)27-21(28-29)23(30)26-18-5-3-4-17(25)14-18/h3-14H,2H2,1H3,(H,26,30). The highest BCUT2D eigenvalue weighted by molar-refractivity contribution is 9.10. The van der Waals surface area contributed by atoms with Gasteiger partial charge in [-0.25, -0.2) is 9.67 Å². The molecule has 156 valence electrons. The van der Waals surface area contributed by atoms with Crippen LogP contribution in [0.25, 0.3) is 17.1 Å². The molecule has 8 heteroatoms. The average Bonchev–Trinajstić information content (AvgIpc) is 3.21. The molecule has 0 aliphatic rings. The lowest BCUT2D eigenvalue weighted by molar-refractivity contribution is 0.101. The van der Waals surface area contributed by atoms with E-state index in [-0.39, 0.29) is 5.82 Å². The van der Waals surface area contributed by atoms with Gasteiger partial charge in [-0.1, -0.05) is 45.7 Å². The fourth-order valence-electron chi connectivity index (χ4n) is 2.98. The van der Waals surface area contributed by atoms with Gasteiger partial charge in [-0.15, -0.1) is 5.10 Å². The smallest absolute Gasteiger partial charge is 0.295 e. The largest absolute Gasteiger partial charge is 0.494 e. The Morgan fingerprint density at radius 3 is 2.52 bits per heavy atom. The molecule has 0 fully saturated rings. The van der Waals surface area contributed by atoms with Crippen LogP contribution in [0.2, 0.25) is 5.02 Å². The molecule has 1 aromatic heterocycles. The Kier molecular flexibility index (Phi) is 6.34. The van der Waals surface area contributed by atoms with E-state index in [1.54, 1.807) is 28.9 Å². The van der Waals surface area contributed by atoms with E-state index >= 15 is 0 Å². The summed E-state index contributed by atoms with van der Waals surface area (Å²) < 4.78 is 8.11. The van der Waals surface area contributed by atoms with Crippen molar-refractivity contribution in [2.24, 2.45) is 0 Å². The highest BCUT2D eigenvalue weighted by atomic mass is 79.9. The van der Waals surface area contributed by atoms with Crippen LogP contribution in [0.4, 0.5) is 5.69 Å². The number of carbonyl (C=O) groups is 1. The van der Waals surface area contributed by atoms with Gasteiger partial charge in [-0.05, 0) is 61.5 Å². The fraction of sp³-hybridized carbons (Fsp3) is 0.0870. The Hall–Kier alpha value is -3.16. The number of hydrogen-bond donors (Lipinski definition) is 1. The van der Waals surface area contributed by atoms with Crippen LogP contribution < -0.4 is 10.1 Å². The van der Waals surface area contributed by atoms with Crippen molar-refractivity contribution >= 4 is 39.1 Å². The summed E-state index contributed by atoms with van der Waals surface area (Å²) in [7, 11) is 0. The maximum atomic E-state index is 12.8. The van der Waals surface area contributed by atoms with Gasteiger partial charge < -0.3 is 10.1 Å². The number of amides is 1. The number of rotatable bonds is 6. The molecule has 0 saturated heterocycles. The maximum absolute atomic E-state index is 12.8. The van der Waals surface area contributed by atoms with Crippen molar-refractivity contribution in [2.75, 3.05) is 11.9 Å². The lowest BCUT2D eigenvalue weighted by Crippen LogP contribution is -2.14. The van der Waals surface area contributed by atoms with Crippen LogP contribution in [-0.4, -0.2) is 27.3 Å². The number of anilines is 1. The van der Waals surface area contributed by atoms with E-state index in [1.165, 1.54) is 0 Å². The third-order valence-corrected chi connectivity index (χ3v) is 5.15. The van der Waals surface area contributed by atoms with Gasteiger partial charge in [0, 0.05) is 20.7 Å². The Balaban J connectivity index is 1.72. The van der Waals surface area contributed by atoms with E-state index in [0.717, 1.165) is 21.5 Å². The van der Waals surface area contributed by atoms with Gasteiger partial charge in [0.1, 0.15) is 5.75 Å². The van der Waals surface area contributed by atoms with Crippen molar-refractivity contribution in [1.29, 1.82) is 0 Å². The van der Waals surface area contributed by atoms with Crippen molar-refractivity contribution in [3.63, 3.8) is 0 Å². The first kappa shape index (κ1) is 21.1. The zero-order valence-electron chi connectivity index (χ0n) is 16.5. The molecule has 1 amide bonds. The quantitative estimate of drug-likeness (QED) is 0.355. The summed E-state index contributed by atoms with van der Waals surface area (Å²) in [4.78, 5) is 17.4. The van der Waals surface area contributed by atoms with Gasteiger partial charge in [0.05, 0.1) is 12.3 Å². The number of aromatic nitrogens is 3. The number of nitrogens with one attached hydrogen (secondary N) is 1. The summed E-state index contributed by atoms with van der Waals surface area (Å²) in [5, 5.41) is 7.80. The molecule has 1 heterocycles. The number of hydrogen-bond acceptors (Lipinski definition) is 4.